The minimum absolute atomic E-state index is 0.179. The van der Waals surface area contributed by atoms with Crippen molar-refractivity contribution in [3.05, 3.63) is 0 Å². The Bertz CT molecular complexity index is 248. The summed E-state index contributed by atoms with van der Waals surface area (Å²) in [6.45, 7) is 8.67. The Hall–Kier alpha value is -0.650. The minimum Gasteiger partial charge on any atom is -0.465 e. The van der Waals surface area contributed by atoms with Crippen LogP contribution >= 0.6 is 0 Å². The van der Waals surface area contributed by atoms with Crippen molar-refractivity contribution in [2.75, 3.05) is 33.4 Å². The van der Waals surface area contributed by atoms with Crippen LogP contribution in [0, 0.1) is 0 Å². The molecule has 0 aliphatic carbocycles. The lowest BCUT2D eigenvalue weighted by Gasteiger charge is -2.38. The molecule has 5 nitrogen and oxygen atoms in total. The number of esters is 1. The number of morpholine rings is 1. The molecule has 0 spiro atoms. The largest absolute Gasteiger partial charge is 0.465 e. The molecule has 1 heterocycles. The van der Waals surface area contributed by atoms with Crippen molar-refractivity contribution in [2.45, 2.75) is 39.0 Å². The summed E-state index contributed by atoms with van der Waals surface area (Å²) in [6, 6.07) is 0.0826. The normalized spacial score (nSPS) is 27.8. The number of hydrogen-bond donors (Lipinski definition) is 1. The SMILES string of the molecule is CCOC(=O)C(CN1CC(C)OCC1C)NC. The summed E-state index contributed by atoms with van der Waals surface area (Å²) in [5, 5.41) is 3.01. The summed E-state index contributed by atoms with van der Waals surface area (Å²) < 4.78 is 10.6. The fourth-order valence-electron chi connectivity index (χ4n) is 1.99. The molecule has 0 saturated carbocycles. The molecule has 1 rings (SSSR count). The Kier molecular flexibility index (Phi) is 5.88. The van der Waals surface area contributed by atoms with E-state index in [0.717, 1.165) is 13.2 Å². The molecule has 1 aliphatic rings. The molecule has 17 heavy (non-hydrogen) atoms. The van der Waals surface area contributed by atoms with Crippen molar-refractivity contribution >= 4 is 5.97 Å². The average Bonchev–Trinajstić information content (AvgIpc) is 2.30. The number of nitrogens with one attached hydrogen (secondary N) is 1. The van der Waals surface area contributed by atoms with Crippen LogP contribution in [0.3, 0.4) is 0 Å². The molecule has 1 fully saturated rings. The van der Waals surface area contributed by atoms with Crippen LogP contribution in [0.4, 0.5) is 0 Å². The Morgan fingerprint density at radius 1 is 1.59 bits per heavy atom. The van der Waals surface area contributed by atoms with Gasteiger partial charge in [0.25, 0.3) is 0 Å². The van der Waals surface area contributed by atoms with Gasteiger partial charge in [0.05, 0.1) is 19.3 Å². The molecule has 0 radical (unpaired) electrons. The lowest BCUT2D eigenvalue weighted by Crippen LogP contribution is -2.54. The Labute approximate surface area is 103 Å². The molecule has 0 aromatic carbocycles. The van der Waals surface area contributed by atoms with Gasteiger partial charge in [0.2, 0.25) is 0 Å². The summed E-state index contributed by atoms with van der Waals surface area (Å²) in [6.07, 6.45) is 0.228. The van der Waals surface area contributed by atoms with Crippen molar-refractivity contribution in [1.29, 1.82) is 0 Å². The van der Waals surface area contributed by atoms with Gasteiger partial charge in [-0.1, -0.05) is 0 Å². The predicted octanol–water partition coefficient (Wildman–Crippen LogP) is 0.247. The van der Waals surface area contributed by atoms with Gasteiger partial charge in [-0.2, -0.15) is 0 Å². The summed E-state index contributed by atoms with van der Waals surface area (Å²) in [5.41, 5.74) is 0. The number of carbonyl (C=O) groups is 1. The molecule has 5 heteroatoms. The number of hydrogen-bond acceptors (Lipinski definition) is 5. The van der Waals surface area contributed by atoms with Gasteiger partial charge < -0.3 is 14.8 Å². The monoisotopic (exact) mass is 244 g/mol. The molecular weight excluding hydrogens is 220 g/mol. The van der Waals surface area contributed by atoms with Crippen LogP contribution in [0.2, 0.25) is 0 Å². The number of nitrogens with zero attached hydrogens (tertiary/aromatic N) is 1. The zero-order chi connectivity index (χ0) is 12.8. The van der Waals surface area contributed by atoms with Gasteiger partial charge in [-0.25, -0.2) is 0 Å². The quantitative estimate of drug-likeness (QED) is 0.702. The lowest BCUT2D eigenvalue weighted by molar-refractivity contribution is -0.147. The van der Waals surface area contributed by atoms with E-state index in [1.54, 1.807) is 7.05 Å². The molecule has 0 aromatic rings. The molecule has 1 saturated heterocycles. The summed E-state index contributed by atoms with van der Waals surface area (Å²) in [5.74, 6) is -0.179. The van der Waals surface area contributed by atoms with E-state index >= 15 is 0 Å². The van der Waals surface area contributed by atoms with Crippen LogP contribution in [0.1, 0.15) is 20.8 Å². The lowest BCUT2D eigenvalue weighted by atomic mass is 10.1. The number of carbonyl (C=O) groups excluding carboxylic acids is 1. The zero-order valence-electron chi connectivity index (χ0n) is 11.2. The first-order valence-corrected chi connectivity index (χ1v) is 6.28. The van der Waals surface area contributed by atoms with Gasteiger partial charge in [-0.15, -0.1) is 0 Å². The van der Waals surface area contributed by atoms with Gasteiger partial charge in [0.1, 0.15) is 6.04 Å². The Morgan fingerprint density at radius 2 is 2.29 bits per heavy atom. The van der Waals surface area contributed by atoms with Gasteiger partial charge >= 0.3 is 5.97 Å². The topological polar surface area (TPSA) is 50.8 Å². The van der Waals surface area contributed by atoms with Crippen LogP contribution < -0.4 is 5.32 Å². The first-order valence-electron chi connectivity index (χ1n) is 6.28. The van der Waals surface area contributed by atoms with E-state index in [2.05, 4.69) is 24.1 Å². The first-order chi connectivity index (χ1) is 8.08. The van der Waals surface area contributed by atoms with Crippen molar-refractivity contribution in [3.8, 4) is 0 Å². The molecule has 0 aromatic heterocycles. The third kappa shape index (κ3) is 4.26. The molecule has 3 unspecified atom stereocenters. The number of rotatable bonds is 5. The van der Waals surface area contributed by atoms with E-state index in [9.17, 15) is 4.79 Å². The van der Waals surface area contributed by atoms with Gasteiger partial charge in [0, 0.05) is 19.1 Å². The Morgan fingerprint density at radius 3 is 2.88 bits per heavy atom. The maximum absolute atomic E-state index is 11.7. The highest BCUT2D eigenvalue weighted by molar-refractivity contribution is 5.76. The highest BCUT2D eigenvalue weighted by Crippen LogP contribution is 2.11. The van der Waals surface area contributed by atoms with Crippen molar-refractivity contribution < 1.29 is 14.3 Å². The second kappa shape index (κ2) is 6.93. The van der Waals surface area contributed by atoms with Crippen molar-refractivity contribution in [2.24, 2.45) is 0 Å². The van der Waals surface area contributed by atoms with E-state index in [1.807, 2.05) is 6.92 Å². The zero-order valence-corrected chi connectivity index (χ0v) is 11.2. The van der Waals surface area contributed by atoms with E-state index in [1.165, 1.54) is 0 Å². The second-order valence-electron chi connectivity index (χ2n) is 4.54. The summed E-state index contributed by atoms with van der Waals surface area (Å²) >= 11 is 0. The third-order valence-electron chi connectivity index (χ3n) is 3.07. The van der Waals surface area contributed by atoms with Crippen molar-refractivity contribution in [3.63, 3.8) is 0 Å². The standard InChI is InChI=1S/C12H24N2O3/c1-5-16-12(15)11(13-4)7-14-6-10(3)17-8-9(14)2/h9-11,13H,5-8H2,1-4H3. The molecular formula is C12H24N2O3. The fraction of sp³-hybridized carbons (Fsp3) is 0.917. The molecule has 1 N–H and O–H groups in total. The molecule has 100 valence electrons. The highest BCUT2D eigenvalue weighted by atomic mass is 16.5. The van der Waals surface area contributed by atoms with Crippen LogP contribution in [0.25, 0.3) is 0 Å². The average molecular weight is 244 g/mol. The smallest absolute Gasteiger partial charge is 0.324 e. The van der Waals surface area contributed by atoms with Crippen LogP contribution in [0.5, 0.6) is 0 Å². The molecule has 0 amide bonds. The minimum atomic E-state index is -0.261. The maximum Gasteiger partial charge on any atom is 0.324 e. The third-order valence-corrected chi connectivity index (χ3v) is 3.07. The van der Waals surface area contributed by atoms with Crippen LogP contribution in [-0.2, 0) is 14.3 Å². The summed E-state index contributed by atoms with van der Waals surface area (Å²) in [7, 11) is 1.79. The molecule has 3 atom stereocenters. The molecule has 0 bridgehead atoms. The van der Waals surface area contributed by atoms with Crippen LogP contribution in [-0.4, -0.2) is 62.4 Å². The van der Waals surface area contributed by atoms with Gasteiger partial charge in [-0.3, -0.25) is 9.69 Å². The fourth-order valence-corrected chi connectivity index (χ4v) is 1.99. The van der Waals surface area contributed by atoms with Crippen molar-refractivity contribution in [1.82, 2.24) is 10.2 Å². The van der Waals surface area contributed by atoms with Gasteiger partial charge in [0.15, 0.2) is 0 Å². The first kappa shape index (κ1) is 14.4. The second-order valence-corrected chi connectivity index (χ2v) is 4.54. The van der Waals surface area contributed by atoms with E-state index in [0.29, 0.717) is 19.2 Å². The molecule has 1 aliphatic heterocycles. The van der Waals surface area contributed by atoms with Gasteiger partial charge in [-0.05, 0) is 27.8 Å². The van der Waals surface area contributed by atoms with E-state index in [-0.39, 0.29) is 18.1 Å². The van der Waals surface area contributed by atoms with E-state index in [4.69, 9.17) is 9.47 Å². The number of ether oxygens (including phenoxy) is 2. The highest BCUT2D eigenvalue weighted by Gasteiger charge is 2.28. The summed E-state index contributed by atoms with van der Waals surface area (Å²) in [4.78, 5) is 14.0. The van der Waals surface area contributed by atoms with E-state index < -0.39 is 0 Å². The number of likely N-dealkylation sites (N-methyl/N-ethyl adjacent to an activating group) is 1. The van der Waals surface area contributed by atoms with Crippen LogP contribution in [0.15, 0.2) is 0 Å². The Balaban J connectivity index is 2.51. The predicted molar refractivity (Wildman–Crippen MR) is 65.9 cm³/mol. The maximum atomic E-state index is 11.7.